The van der Waals surface area contributed by atoms with Crippen molar-refractivity contribution >= 4 is 15.9 Å². The Labute approximate surface area is 116 Å². The first-order valence-corrected chi connectivity index (χ1v) is 6.50. The van der Waals surface area contributed by atoms with Crippen LogP contribution in [-0.2, 0) is 12.6 Å². The van der Waals surface area contributed by atoms with E-state index in [0.717, 1.165) is 4.47 Å². The summed E-state index contributed by atoms with van der Waals surface area (Å²) in [7, 11) is 0. The van der Waals surface area contributed by atoms with Gasteiger partial charge in [0.2, 0.25) is 0 Å². The highest BCUT2D eigenvalue weighted by Gasteiger charge is 2.37. The van der Waals surface area contributed by atoms with E-state index in [4.69, 9.17) is 0 Å². The van der Waals surface area contributed by atoms with Crippen LogP contribution in [0.4, 0.5) is 13.2 Å². The summed E-state index contributed by atoms with van der Waals surface area (Å²) >= 11 is 3.28. The number of aryl methyl sites for hydroxylation is 1. The van der Waals surface area contributed by atoms with Gasteiger partial charge in [-0.2, -0.15) is 13.2 Å². The summed E-state index contributed by atoms with van der Waals surface area (Å²) in [6.45, 7) is 1.88. The Morgan fingerprint density at radius 2 is 1.84 bits per heavy atom. The second-order valence-corrected chi connectivity index (χ2v) is 4.90. The lowest BCUT2D eigenvalue weighted by Gasteiger charge is -2.04. The fourth-order valence-electron chi connectivity index (χ4n) is 1.64. The predicted octanol–water partition coefficient (Wildman–Crippen LogP) is 4.00. The molecule has 0 N–H and O–H groups in total. The Hall–Kier alpha value is -1.37. The smallest absolute Gasteiger partial charge is 0.217 e. The Morgan fingerprint density at radius 3 is 2.37 bits per heavy atom. The maximum Gasteiger partial charge on any atom is 0.453 e. The average Bonchev–Trinajstić information content (AvgIpc) is 2.74. The zero-order valence-corrected chi connectivity index (χ0v) is 11.7. The predicted molar refractivity (Wildman–Crippen MR) is 68.1 cm³/mol. The molecule has 0 bridgehead atoms. The lowest BCUT2D eigenvalue weighted by atomic mass is 10.3. The van der Waals surface area contributed by atoms with Gasteiger partial charge in [-0.3, -0.25) is 0 Å². The molecule has 0 radical (unpaired) electrons. The van der Waals surface area contributed by atoms with Gasteiger partial charge in [0.1, 0.15) is 5.82 Å². The molecule has 102 valence electrons. The highest BCUT2D eigenvalue weighted by molar-refractivity contribution is 9.10. The molecular weight excluding hydrogens is 323 g/mol. The lowest BCUT2D eigenvalue weighted by molar-refractivity contribution is -0.144. The van der Waals surface area contributed by atoms with Gasteiger partial charge in [-0.15, -0.1) is 5.10 Å². The van der Waals surface area contributed by atoms with Crippen LogP contribution in [0.1, 0.15) is 25.0 Å². The number of halogens is 4. The Morgan fingerprint density at radius 1 is 1.21 bits per heavy atom. The van der Waals surface area contributed by atoms with Gasteiger partial charge in [-0.1, -0.05) is 22.9 Å². The molecule has 0 saturated carbocycles. The van der Waals surface area contributed by atoms with Crippen molar-refractivity contribution in [3.8, 4) is 5.69 Å². The van der Waals surface area contributed by atoms with E-state index in [0.29, 0.717) is 24.4 Å². The van der Waals surface area contributed by atoms with E-state index in [1.165, 1.54) is 4.68 Å². The molecule has 0 unspecified atom stereocenters. The van der Waals surface area contributed by atoms with E-state index in [9.17, 15) is 13.2 Å². The molecule has 0 aliphatic carbocycles. The minimum absolute atomic E-state index is 0.317. The number of rotatable bonds is 3. The fourth-order valence-corrected chi connectivity index (χ4v) is 1.90. The zero-order valence-electron chi connectivity index (χ0n) is 10.1. The molecule has 0 aliphatic rings. The number of alkyl halides is 3. The van der Waals surface area contributed by atoms with Crippen LogP contribution in [-0.4, -0.2) is 14.8 Å². The van der Waals surface area contributed by atoms with Crippen molar-refractivity contribution in [1.82, 2.24) is 14.8 Å². The van der Waals surface area contributed by atoms with Crippen LogP contribution in [0.15, 0.2) is 28.7 Å². The summed E-state index contributed by atoms with van der Waals surface area (Å²) < 4.78 is 40.1. The van der Waals surface area contributed by atoms with Gasteiger partial charge in [0, 0.05) is 10.9 Å². The first-order chi connectivity index (χ1) is 8.91. The summed E-state index contributed by atoms with van der Waals surface area (Å²) in [5, 5.41) is 3.57. The number of hydrogen-bond acceptors (Lipinski definition) is 2. The van der Waals surface area contributed by atoms with Crippen molar-refractivity contribution in [2.45, 2.75) is 25.9 Å². The molecule has 0 aliphatic heterocycles. The quantitative estimate of drug-likeness (QED) is 0.849. The molecule has 0 spiro atoms. The second-order valence-electron chi connectivity index (χ2n) is 3.99. The minimum atomic E-state index is -4.52. The maximum atomic E-state index is 12.7. The van der Waals surface area contributed by atoms with Gasteiger partial charge in [0.25, 0.3) is 5.82 Å². The minimum Gasteiger partial charge on any atom is -0.217 e. The van der Waals surface area contributed by atoms with Crippen molar-refractivity contribution in [2.75, 3.05) is 0 Å². The van der Waals surface area contributed by atoms with Crippen LogP contribution in [0.3, 0.4) is 0 Å². The first-order valence-electron chi connectivity index (χ1n) is 5.71. The zero-order chi connectivity index (χ0) is 14.0. The highest BCUT2D eigenvalue weighted by atomic mass is 79.9. The monoisotopic (exact) mass is 333 g/mol. The van der Waals surface area contributed by atoms with Crippen LogP contribution < -0.4 is 0 Å². The maximum absolute atomic E-state index is 12.7. The SMILES string of the molecule is CCCc1nc(C(F)(F)F)nn1-c1ccc(Br)cc1. The highest BCUT2D eigenvalue weighted by Crippen LogP contribution is 2.27. The molecule has 0 atom stereocenters. The van der Waals surface area contributed by atoms with Crippen molar-refractivity contribution in [3.05, 3.63) is 40.4 Å². The van der Waals surface area contributed by atoms with Gasteiger partial charge >= 0.3 is 6.18 Å². The lowest BCUT2D eigenvalue weighted by Crippen LogP contribution is -2.08. The molecule has 0 amide bonds. The van der Waals surface area contributed by atoms with Crippen molar-refractivity contribution in [1.29, 1.82) is 0 Å². The van der Waals surface area contributed by atoms with E-state index < -0.39 is 12.0 Å². The number of benzene rings is 1. The second kappa shape index (κ2) is 5.32. The topological polar surface area (TPSA) is 30.7 Å². The van der Waals surface area contributed by atoms with E-state index in [-0.39, 0.29) is 0 Å². The Bertz CT molecular complexity index is 561. The molecule has 19 heavy (non-hydrogen) atoms. The summed E-state index contributed by atoms with van der Waals surface area (Å²) in [6, 6.07) is 6.89. The van der Waals surface area contributed by atoms with Crippen LogP contribution >= 0.6 is 15.9 Å². The van der Waals surface area contributed by atoms with Crippen molar-refractivity contribution in [3.63, 3.8) is 0 Å². The van der Waals surface area contributed by atoms with Crippen molar-refractivity contribution in [2.24, 2.45) is 0 Å². The fraction of sp³-hybridized carbons (Fsp3) is 0.333. The standard InChI is InChI=1S/C12H11BrF3N3/c1-2-3-10-17-11(12(14,15)16)18-19(10)9-6-4-8(13)5-7-9/h4-7H,2-3H2,1H3. The van der Waals surface area contributed by atoms with Crippen molar-refractivity contribution < 1.29 is 13.2 Å². The average molecular weight is 334 g/mol. The normalized spacial score (nSPS) is 11.8. The third-order valence-electron chi connectivity index (χ3n) is 2.47. The summed E-state index contributed by atoms with van der Waals surface area (Å²) in [4.78, 5) is 3.59. The van der Waals surface area contributed by atoms with Gasteiger partial charge in [-0.25, -0.2) is 9.67 Å². The molecule has 1 aromatic heterocycles. The van der Waals surface area contributed by atoms with Crippen LogP contribution in [0.25, 0.3) is 5.69 Å². The van der Waals surface area contributed by atoms with Crippen LogP contribution in [0.5, 0.6) is 0 Å². The summed E-state index contributed by atoms with van der Waals surface area (Å²) in [5.74, 6) is -0.781. The Balaban J connectivity index is 2.48. The third kappa shape index (κ3) is 3.15. The Kier molecular flexibility index (Phi) is 3.93. The van der Waals surface area contributed by atoms with Crippen LogP contribution in [0.2, 0.25) is 0 Å². The van der Waals surface area contributed by atoms with Crippen LogP contribution in [0, 0.1) is 0 Å². The third-order valence-corrected chi connectivity index (χ3v) is 3.00. The molecule has 3 nitrogen and oxygen atoms in total. The summed E-state index contributed by atoms with van der Waals surface area (Å²) in [5.41, 5.74) is 0.564. The summed E-state index contributed by atoms with van der Waals surface area (Å²) in [6.07, 6.45) is -3.38. The molecule has 0 fully saturated rings. The molecule has 1 heterocycles. The number of nitrogens with zero attached hydrogens (tertiary/aromatic N) is 3. The van der Waals surface area contributed by atoms with Gasteiger partial charge in [0.05, 0.1) is 5.69 Å². The molecular formula is C12H11BrF3N3. The molecule has 0 saturated heterocycles. The van der Waals surface area contributed by atoms with Gasteiger partial charge in [0.15, 0.2) is 0 Å². The largest absolute Gasteiger partial charge is 0.453 e. The van der Waals surface area contributed by atoms with E-state index in [1.807, 2.05) is 6.92 Å². The van der Waals surface area contributed by atoms with E-state index >= 15 is 0 Å². The van der Waals surface area contributed by atoms with E-state index in [1.54, 1.807) is 24.3 Å². The molecule has 2 rings (SSSR count). The van der Waals surface area contributed by atoms with E-state index in [2.05, 4.69) is 26.0 Å². The first kappa shape index (κ1) is 14.0. The van der Waals surface area contributed by atoms with Gasteiger partial charge in [-0.05, 0) is 30.7 Å². The molecule has 7 heteroatoms. The number of hydrogen-bond donors (Lipinski definition) is 0. The molecule has 1 aromatic carbocycles. The van der Waals surface area contributed by atoms with Gasteiger partial charge < -0.3 is 0 Å². The molecule has 2 aromatic rings. The number of aromatic nitrogens is 3.